The Morgan fingerprint density at radius 1 is 1.28 bits per heavy atom. The van der Waals surface area contributed by atoms with Crippen molar-refractivity contribution >= 4 is 17.7 Å². The number of ether oxygens (including phenoxy) is 1. The summed E-state index contributed by atoms with van der Waals surface area (Å²) in [5.74, 6) is 0.910. The van der Waals surface area contributed by atoms with Crippen molar-refractivity contribution in [3.05, 3.63) is 71.2 Å². The summed E-state index contributed by atoms with van der Waals surface area (Å²) in [6.07, 6.45) is -3.92. The van der Waals surface area contributed by atoms with Crippen LogP contribution in [-0.2, 0) is 11.9 Å². The molecule has 0 saturated heterocycles. The van der Waals surface area contributed by atoms with Crippen molar-refractivity contribution in [2.45, 2.75) is 30.0 Å². The molecule has 2 aromatic heterocycles. The van der Waals surface area contributed by atoms with Gasteiger partial charge in [-0.1, -0.05) is 16.9 Å². The molecule has 0 aliphatic carbocycles. The lowest BCUT2D eigenvalue weighted by Crippen LogP contribution is -2.35. The van der Waals surface area contributed by atoms with Crippen LogP contribution in [0.1, 0.15) is 27.4 Å². The van der Waals surface area contributed by atoms with Crippen LogP contribution in [0, 0.1) is 6.92 Å². The Morgan fingerprint density at radius 3 is 2.69 bits per heavy atom. The molecule has 0 saturated carbocycles. The van der Waals surface area contributed by atoms with Crippen LogP contribution in [0.3, 0.4) is 0 Å². The van der Waals surface area contributed by atoms with Crippen LogP contribution >= 0.6 is 11.8 Å². The topological polar surface area (TPSA) is 97.5 Å². The molecule has 1 aromatic carbocycles. The minimum Gasteiger partial charge on any atom is -0.491 e. The van der Waals surface area contributed by atoms with Gasteiger partial charge in [0.25, 0.3) is 5.91 Å². The van der Waals surface area contributed by atoms with Gasteiger partial charge in [-0.2, -0.15) is 13.2 Å². The second-order valence-corrected chi connectivity index (χ2v) is 7.73. The summed E-state index contributed by atoms with van der Waals surface area (Å²) in [7, 11) is 0. The third-order valence-corrected chi connectivity index (χ3v) is 5.21. The maximum absolute atomic E-state index is 12.6. The van der Waals surface area contributed by atoms with Crippen molar-refractivity contribution in [1.29, 1.82) is 0 Å². The van der Waals surface area contributed by atoms with E-state index >= 15 is 0 Å². The van der Waals surface area contributed by atoms with E-state index in [4.69, 9.17) is 9.26 Å². The van der Waals surface area contributed by atoms with E-state index in [0.717, 1.165) is 17.8 Å². The maximum Gasteiger partial charge on any atom is 0.416 e. The first kappa shape index (κ1) is 23.6. The number of nitrogens with zero attached hydrogens (tertiary/aromatic N) is 2. The van der Waals surface area contributed by atoms with Gasteiger partial charge < -0.3 is 19.7 Å². The molecule has 0 radical (unpaired) electrons. The van der Waals surface area contributed by atoms with E-state index in [1.54, 1.807) is 31.3 Å². The van der Waals surface area contributed by atoms with Crippen molar-refractivity contribution in [3.63, 3.8) is 0 Å². The summed E-state index contributed by atoms with van der Waals surface area (Å²) in [5, 5.41) is 17.1. The highest BCUT2D eigenvalue weighted by molar-refractivity contribution is 7.98. The molecule has 3 aromatic rings. The summed E-state index contributed by atoms with van der Waals surface area (Å²) in [6, 6.07) is 9.17. The predicted octanol–water partition coefficient (Wildman–Crippen LogP) is 3.86. The molecule has 0 aliphatic rings. The third-order valence-electron chi connectivity index (χ3n) is 4.17. The van der Waals surface area contributed by atoms with Crippen LogP contribution in [-0.4, -0.2) is 40.4 Å². The Kier molecular flexibility index (Phi) is 7.75. The lowest BCUT2D eigenvalue weighted by atomic mass is 10.2. The van der Waals surface area contributed by atoms with Crippen molar-refractivity contribution in [2.24, 2.45) is 0 Å². The SMILES string of the molecule is Cc1cc(CSc2ncccc2C(=O)NCC(O)COc2ccc(C(F)(F)F)cc2)no1. The van der Waals surface area contributed by atoms with Gasteiger partial charge in [0.1, 0.15) is 29.2 Å². The first-order chi connectivity index (χ1) is 15.2. The van der Waals surface area contributed by atoms with Gasteiger partial charge in [-0.25, -0.2) is 4.98 Å². The molecule has 0 fully saturated rings. The second-order valence-electron chi connectivity index (χ2n) is 6.77. The van der Waals surface area contributed by atoms with E-state index in [1.165, 1.54) is 23.9 Å². The van der Waals surface area contributed by atoms with Crippen LogP contribution < -0.4 is 10.1 Å². The lowest BCUT2D eigenvalue weighted by Gasteiger charge is -2.14. The fourth-order valence-electron chi connectivity index (χ4n) is 2.60. The third kappa shape index (κ3) is 6.72. The first-order valence-electron chi connectivity index (χ1n) is 9.48. The number of thioether (sulfide) groups is 1. The number of rotatable bonds is 9. The van der Waals surface area contributed by atoms with E-state index in [2.05, 4.69) is 15.5 Å². The molecule has 1 amide bonds. The Labute approximate surface area is 186 Å². The van der Waals surface area contributed by atoms with E-state index in [9.17, 15) is 23.1 Å². The average molecular weight is 467 g/mol. The van der Waals surface area contributed by atoms with Crippen molar-refractivity contribution in [2.75, 3.05) is 13.2 Å². The number of aliphatic hydroxyl groups is 1. The van der Waals surface area contributed by atoms with Gasteiger partial charge in [0.2, 0.25) is 0 Å². The quantitative estimate of drug-likeness (QED) is 0.461. The number of aromatic nitrogens is 2. The van der Waals surface area contributed by atoms with Crippen LogP contribution in [0.2, 0.25) is 0 Å². The van der Waals surface area contributed by atoms with Crippen molar-refractivity contribution in [3.8, 4) is 5.75 Å². The van der Waals surface area contributed by atoms with E-state index in [0.29, 0.717) is 22.1 Å². The molecule has 2 N–H and O–H groups in total. The monoisotopic (exact) mass is 467 g/mol. The summed E-state index contributed by atoms with van der Waals surface area (Å²) >= 11 is 1.32. The van der Waals surface area contributed by atoms with Gasteiger partial charge in [-0.05, 0) is 43.3 Å². The predicted molar refractivity (Wildman–Crippen MR) is 110 cm³/mol. The molecule has 3 rings (SSSR count). The zero-order valence-electron chi connectivity index (χ0n) is 16.9. The number of hydrogen-bond donors (Lipinski definition) is 2. The number of benzene rings is 1. The summed E-state index contributed by atoms with van der Waals surface area (Å²) in [4.78, 5) is 16.8. The highest BCUT2D eigenvalue weighted by Gasteiger charge is 2.30. The molecule has 170 valence electrons. The molecule has 7 nitrogen and oxygen atoms in total. The maximum atomic E-state index is 12.6. The van der Waals surface area contributed by atoms with Crippen LogP contribution in [0.5, 0.6) is 5.75 Å². The lowest BCUT2D eigenvalue weighted by molar-refractivity contribution is -0.137. The smallest absolute Gasteiger partial charge is 0.416 e. The number of carbonyl (C=O) groups is 1. The molecule has 0 spiro atoms. The standard InChI is InChI=1S/C21H20F3N3O4S/c1-13-9-15(27-31-13)12-32-20-18(3-2-8-25-20)19(29)26-10-16(28)11-30-17-6-4-14(5-7-17)21(22,23)24/h2-9,16,28H,10-12H2,1H3,(H,26,29). The number of nitrogens with one attached hydrogen (secondary N) is 1. The molecular formula is C21H20F3N3O4S. The molecule has 2 heterocycles. The van der Waals surface area contributed by atoms with Crippen LogP contribution in [0.15, 0.2) is 58.2 Å². The summed E-state index contributed by atoms with van der Waals surface area (Å²) in [6.45, 7) is 1.47. The number of amides is 1. The average Bonchev–Trinajstić information content (AvgIpc) is 3.19. The number of hydrogen-bond acceptors (Lipinski definition) is 7. The van der Waals surface area contributed by atoms with E-state index in [1.807, 2.05) is 0 Å². The summed E-state index contributed by atoms with van der Waals surface area (Å²) in [5.41, 5.74) is 0.274. The summed E-state index contributed by atoms with van der Waals surface area (Å²) < 4.78 is 48.0. The van der Waals surface area contributed by atoms with Crippen LogP contribution in [0.25, 0.3) is 0 Å². The molecule has 32 heavy (non-hydrogen) atoms. The molecule has 1 atom stereocenters. The number of aliphatic hydroxyl groups excluding tert-OH is 1. The fraction of sp³-hybridized carbons (Fsp3) is 0.286. The Morgan fingerprint density at radius 2 is 2.03 bits per heavy atom. The number of alkyl halides is 3. The first-order valence-corrected chi connectivity index (χ1v) is 10.5. The molecular weight excluding hydrogens is 447 g/mol. The largest absolute Gasteiger partial charge is 0.491 e. The van der Waals surface area contributed by atoms with Crippen LogP contribution in [0.4, 0.5) is 13.2 Å². The number of pyridine rings is 1. The van der Waals surface area contributed by atoms with E-state index < -0.39 is 23.8 Å². The van der Waals surface area contributed by atoms with E-state index in [-0.39, 0.29) is 18.9 Å². The number of halogens is 3. The molecule has 1 unspecified atom stereocenters. The fourth-order valence-corrected chi connectivity index (χ4v) is 3.48. The van der Waals surface area contributed by atoms with Gasteiger partial charge in [0.05, 0.1) is 16.8 Å². The number of aryl methyl sites for hydroxylation is 1. The van der Waals surface area contributed by atoms with Gasteiger partial charge in [-0.3, -0.25) is 4.79 Å². The highest BCUT2D eigenvalue weighted by atomic mass is 32.2. The van der Waals surface area contributed by atoms with Crippen molar-refractivity contribution in [1.82, 2.24) is 15.5 Å². The Bertz CT molecular complexity index is 1040. The van der Waals surface area contributed by atoms with Crippen molar-refractivity contribution < 1.29 is 32.3 Å². The second kappa shape index (κ2) is 10.5. The number of carbonyl (C=O) groups excluding carboxylic acids is 1. The Hall–Kier alpha value is -3.05. The Balaban J connectivity index is 1.48. The molecule has 0 bridgehead atoms. The minimum atomic E-state index is -4.43. The zero-order chi connectivity index (χ0) is 23.1. The van der Waals surface area contributed by atoms with Gasteiger partial charge >= 0.3 is 6.18 Å². The van der Waals surface area contributed by atoms with Gasteiger partial charge in [0, 0.05) is 24.6 Å². The molecule has 11 heteroatoms. The zero-order valence-corrected chi connectivity index (χ0v) is 17.7. The minimum absolute atomic E-state index is 0.110. The van der Waals surface area contributed by atoms with Gasteiger partial charge in [-0.15, -0.1) is 0 Å². The molecule has 0 aliphatic heterocycles. The normalized spacial score (nSPS) is 12.4. The van der Waals surface area contributed by atoms with Gasteiger partial charge in [0.15, 0.2) is 0 Å². The highest BCUT2D eigenvalue weighted by Crippen LogP contribution is 2.30.